The number of carbonyl (C=O) groups is 2. The van der Waals surface area contributed by atoms with Crippen molar-refractivity contribution in [2.45, 2.75) is 58.9 Å². The van der Waals surface area contributed by atoms with Gasteiger partial charge in [0.2, 0.25) is 11.8 Å². The van der Waals surface area contributed by atoms with Crippen molar-refractivity contribution in [2.75, 3.05) is 4.90 Å². The van der Waals surface area contributed by atoms with E-state index in [1.165, 1.54) is 10.5 Å². The maximum Gasteiger partial charge on any atom is 0.455 e. The zero-order valence-electron chi connectivity index (χ0n) is 25.0. The van der Waals surface area contributed by atoms with E-state index >= 15 is 0 Å². The molecule has 0 spiro atoms. The van der Waals surface area contributed by atoms with Gasteiger partial charge in [0.15, 0.2) is 0 Å². The number of para-hydroxylation sites is 1. The highest BCUT2D eigenvalue weighted by atomic mass is 16.5. The molecule has 2 heterocycles. The zero-order chi connectivity index (χ0) is 30.2. The fourth-order valence-electron chi connectivity index (χ4n) is 7.45. The summed E-state index contributed by atoms with van der Waals surface area (Å²) in [7, 11) is -1.00. The van der Waals surface area contributed by atoms with Gasteiger partial charge in [-0.25, -0.2) is 0 Å². The molecular weight excluding hydrogens is 537 g/mol. The summed E-state index contributed by atoms with van der Waals surface area (Å²) in [5.74, 6) is -1.14. The first-order chi connectivity index (χ1) is 20.8. The molecule has 0 radical (unpaired) electrons. The number of imide groups is 1. The van der Waals surface area contributed by atoms with Gasteiger partial charge >= 0.3 is 7.12 Å². The predicted octanol–water partition coefficient (Wildman–Crippen LogP) is 6.74. The van der Waals surface area contributed by atoms with Crippen molar-refractivity contribution in [3.8, 4) is 5.75 Å². The first-order valence-corrected chi connectivity index (χ1v) is 15.3. The summed E-state index contributed by atoms with van der Waals surface area (Å²) in [5.41, 5.74) is 7.78. The molecule has 2 N–H and O–H groups in total. The summed E-state index contributed by atoms with van der Waals surface area (Å²) in [5, 5.41) is 21.2. The number of aryl methyl sites for hydroxylation is 2. The molecule has 7 heteroatoms. The summed E-state index contributed by atoms with van der Waals surface area (Å²) in [6, 6.07) is 23.4. The molecule has 0 aromatic heterocycles. The lowest BCUT2D eigenvalue weighted by atomic mass is 9.58. The van der Waals surface area contributed by atoms with Crippen molar-refractivity contribution >= 4 is 36.3 Å². The predicted molar refractivity (Wildman–Crippen MR) is 170 cm³/mol. The van der Waals surface area contributed by atoms with E-state index in [1.54, 1.807) is 12.1 Å². The van der Waals surface area contributed by atoms with E-state index in [1.807, 2.05) is 62.4 Å². The van der Waals surface area contributed by atoms with E-state index in [2.05, 4.69) is 25.1 Å². The Balaban J connectivity index is 1.32. The number of allylic oxidation sites excluding steroid dienone is 2. The van der Waals surface area contributed by atoms with Crippen LogP contribution in [0.2, 0.25) is 6.32 Å². The number of carbonyl (C=O) groups excluding carboxylic acids is 2. The first kappa shape index (κ1) is 29.2. The molecule has 2 saturated heterocycles. The monoisotopic (exact) mass is 575 g/mol. The second-order valence-electron chi connectivity index (χ2n) is 12.1. The van der Waals surface area contributed by atoms with E-state index in [9.17, 15) is 19.7 Å². The van der Waals surface area contributed by atoms with Crippen LogP contribution in [-0.2, 0) is 14.2 Å². The minimum atomic E-state index is -1.00. The number of hydrogen-bond donors (Lipinski definition) is 2. The van der Waals surface area contributed by atoms with Gasteiger partial charge in [-0.3, -0.25) is 14.5 Å². The lowest BCUT2D eigenvalue weighted by molar-refractivity contribution is -0.122. The fraction of sp³-hybridized carbons (Fsp3) is 0.333. The summed E-state index contributed by atoms with van der Waals surface area (Å²) in [4.78, 5) is 28.9. The molecule has 0 unspecified atom stereocenters. The molecule has 1 aliphatic carbocycles. The summed E-state index contributed by atoms with van der Waals surface area (Å²) < 4.78 is 6.23. The van der Waals surface area contributed by atoms with Gasteiger partial charge in [-0.15, -0.1) is 0 Å². The first-order valence-electron chi connectivity index (χ1n) is 15.3. The number of benzene rings is 3. The molecule has 220 valence electrons. The number of phenols is 1. The highest BCUT2D eigenvalue weighted by Gasteiger charge is 2.57. The van der Waals surface area contributed by atoms with Crippen molar-refractivity contribution in [1.29, 1.82) is 0 Å². The molecule has 2 fully saturated rings. The van der Waals surface area contributed by atoms with Crippen LogP contribution in [0.1, 0.15) is 54.9 Å². The third-order valence-corrected chi connectivity index (χ3v) is 9.42. The molecule has 2 aliphatic heterocycles. The quantitative estimate of drug-likeness (QED) is 0.141. The highest BCUT2D eigenvalue weighted by molar-refractivity contribution is 6.43. The van der Waals surface area contributed by atoms with Gasteiger partial charge in [0, 0.05) is 0 Å². The fourth-order valence-corrected chi connectivity index (χ4v) is 7.45. The van der Waals surface area contributed by atoms with Gasteiger partial charge < -0.3 is 14.8 Å². The standard InChI is InChI=1S/C36H38BNO5/c1-4-25-20-29-33(36(41)38(35(29)40)28-13-9-6-10-14-28)30-21-37(42)43-31(32(25)30)16-15-27(26-11-7-5-8-12-26)19-24-17-22(2)34(39)23(3)18-24/h5-14,17-19,29-31,33,39,42H,4,15-16,20-21H2,1-3H3/b27-19-/t29-,30+,31-,33-/m1/s1. The number of aromatic hydroxyl groups is 1. The molecule has 6 nitrogen and oxygen atoms in total. The van der Waals surface area contributed by atoms with Crippen LogP contribution in [0.4, 0.5) is 5.69 Å². The molecule has 3 aliphatic rings. The van der Waals surface area contributed by atoms with Crippen LogP contribution in [-0.4, -0.2) is 35.2 Å². The zero-order valence-corrected chi connectivity index (χ0v) is 25.0. The third-order valence-electron chi connectivity index (χ3n) is 9.42. The lowest BCUT2D eigenvalue weighted by Gasteiger charge is -2.43. The van der Waals surface area contributed by atoms with Crippen molar-refractivity contribution in [1.82, 2.24) is 0 Å². The van der Waals surface area contributed by atoms with Gasteiger partial charge in [-0.1, -0.05) is 67.1 Å². The number of rotatable bonds is 7. The van der Waals surface area contributed by atoms with Gasteiger partial charge in [0.05, 0.1) is 23.6 Å². The Bertz CT molecular complexity index is 1580. The maximum absolute atomic E-state index is 13.9. The third kappa shape index (κ3) is 5.48. The molecule has 0 bridgehead atoms. The van der Waals surface area contributed by atoms with E-state index in [4.69, 9.17) is 4.65 Å². The summed E-state index contributed by atoms with van der Waals surface area (Å²) >= 11 is 0. The van der Waals surface area contributed by atoms with Crippen LogP contribution in [0.5, 0.6) is 5.75 Å². The Morgan fingerprint density at radius 2 is 1.63 bits per heavy atom. The molecule has 3 aromatic rings. The Hall–Kier alpha value is -3.94. The van der Waals surface area contributed by atoms with Crippen molar-refractivity contribution < 1.29 is 24.4 Å². The molecule has 2 amide bonds. The van der Waals surface area contributed by atoms with Crippen molar-refractivity contribution in [2.24, 2.45) is 17.8 Å². The molecular formula is C36H38BNO5. The van der Waals surface area contributed by atoms with E-state index in [0.29, 0.717) is 37.0 Å². The number of anilines is 1. The average molecular weight is 576 g/mol. The van der Waals surface area contributed by atoms with E-state index < -0.39 is 19.0 Å². The smallest absolute Gasteiger partial charge is 0.455 e. The average Bonchev–Trinajstić information content (AvgIpc) is 3.27. The number of phenolic OH excluding ortho intramolecular Hbond substituents is 1. The maximum atomic E-state index is 13.9. The van der Waals surface area contributed by atoms with Crippen LogP contribution < -0.4 is 4.90 Å². The van der Waals surface area contributed by atoms with Crippen LogP contribution in [0, 0.1) is 31.6 Å². The van der Waals surface area contributed by atoms with E-state index in [-0.39, 0.29) is 23.8 Å². The number of fused-ring (bicyclic) bond motifs is 3. The summed E-state index contributed by atoms with van der Waals surface area (Å²) in [6.07, 6.45) is 4.75. The van der Waals surface area contributed by atoms with Gasteiger partial charge in [0.1, 0.15) is 5.75 Å². The number of amides is 2. The molecule has 43 heavy (non-hydrogen) atoms. The van der Waals surface area contributed by atoms with Crippen LogP contribution in [0.25, 0.3) is 11.6 Å². The van der Waals surface area contributed by atoms with Crippen LogP contribution >= 0.6 is 0 Å². The molecule has 0 saturated carbocycles. The lowest BCUT2D eigenvalue weighted by Crippen LogP contribution is -2.46. The van der Waals surface area contributed by atoms with Gasteiger partial charge in [-0.2, -0.15) is 0 Å². The second-order valence-corrected chi connectivity index (χ2v) is 12.1. The van der Waals surface area contributed by atoms with Crippen LogP contribution in [0.3, 0.4) is 0 Å². The largest absolute Gasteiger partial charge is 0.507 e. The SMILES string of the molecule is CCC1=C2[C@@H](CC/C(=C/c3cc(C)c(O)c(C)c3)c3ccccc3)OB(O)C[C@@H]2[C@@H]2C(=O)N(c3ccccc3)C(=O)[C@@H]2C1. The summed E-state index contributed by atoms with van der Waals surface area (Å²) in [6.45, 7) is 5.91. The molecule has 6 rings (SSSR count). The minimum Gasteiger partial charge on any atom is -0.507 e. The minimum absolute atomic E-state index is 0.141. The van der Waals surface area contributed by atoms with Gasteiger partial charge in [-0.05, 0) is 109 Å². The number of hydrogen-bond acceptors (Lipinski definition) is 5. The normalized spacial score (nSPS) is 24.0. The van der Waals surface area contributed by atoms with Gasteiger partial charge in [0.25, 0.3) is 0 Å². The van der Waals surface area contributed by atoms with Crippen molar-refractivity contribution in [3.05, 3.63) is 106 Å². The van der Waals surface area contributed by atoms with Crippen LogP contribution in [0.15, 0.2) is 83.9 Å². The molecule has 4 atom stereocenters. The second kappa shape index (κ2) is 12.0. The van der Waals surface area contributed by atoms with Crippen molar-refractivity contribution in [3.63, 3.8) is 0 Å². The number of nitrogens with zero attached hydrogens (tertiary/aromatic N) is 1. The Morgan fingerprint density at radius 3 is 2.28 bits per heavy atom. The Morgan fingerprint density at radius 1 is 0.977 bits per heavy atom. The molecule has 3 aromatic carbocycles. The van der Waals surface area contributed by atoms with E-state index in [0.717, 1.165) is 39.8 Å². The topological polar surface area (TPSA) is 87.1 Å². The Labute approximate surface area is 253 Å². The highest BCUT2D eigenvalue weighted by Crippen LogP contribution is 2.52. The Kier molecular flexibility index (Phi) is 8.12.